The fourth-order valence-corrected chi connectivity index (χ4v) is 6.62. The van der Waals surface area contributed by atoms with Gasteiger partial charge in [0.25, 0.3) is 0 Å². The van der Waals surface area contributed by atoms with Gasteiger partial charge in [-0.2, -0.15) is 4.98 Å². The molecule has 0 aliphatic carbocycles. The van der Waals surface area contributed by atoms with Gasteiger partial charge in [0, 0.05) is 56.6 Å². The Morgan fingerprint density at radius 1 is 0.780 bits per heavy atom. The topological polar surface area (TPSA) is 76.6 Å². The number of nitrogens with one attached hydrogen (secondary N) is 2. The number of hydrogen-bond donors (Lipinski definition) is 2. The molecule has 2 N–H and O–H groups in total. The fraction of sp³-hybridized carbons (Fsp3) is 0.485. The van der Waals surface area contributed by atoms with Crippen molar-refractivity contribution in [3.05, 3.63) is 66.9 Å². The van der Waals surface area contributed by atoms with E-state index in [0.29, 0.717) is 12.1 Å². The van der Waals surface area contributed by atoms with Crippen LogP contribution in [0.25, 0.3) is 11.1 Å². The molecule has 1 atom stereocenters. The molecule has 0 bridgehead atoms. The van der Waals surface area contributed by atoms with Crippen molar-refractivity contribution in [1.82, 2.24) is 19.8 Å². The van der Waals surface area contributed by atoms with Gasteiger partial charge in [0.2, 0.25) is 5.95 Å². The number of rotatable bonds is 6. The number of likely N-dealkylation sites (tertiary alicyclic amines) is 2. The first-order chi connectivity index (χ1) is 20.2. The van der Waals surface area contributed by atoms with Gasteiger partial charge < -0.3 is 20.4 Å². The molecular formula is C33H43N7O. The molecule has 4 heterocycles. The molecule has 3 aromatic rings. The molecule has 0 spiro atoms. The summed E-state index contributed by atoms with van der Waals surface area (Å²) in [5.41, 5.74) is 3.01. The third kappa shape index (κ3) is 6.99. The maximum atomic E-state index is 13.2. The highest BCUT2D eigenvalue weighted by Gasteiger charge is 2.31. The second kappa shape index (κ2) is 13.3. The normalized spacial score (nSPS) is 20.8. The lowest BCUT2D eigenvalue weighted by atomic mass is 9.98. The average Bonchev–Trinajstić information content (AvgIpc) is 3.32. The van der Waals surface area contributed by atoms with Gasteiger partial charge in [0.05, 0.1) is 5.69 Å². The molecule has 3 saturated heterocycles. The van der Waals surface area contributed by atoms with Gasteiger partial charge in [-0.05, 0) is 62.8 Å². The minimum atomic E-state index is -0.00791. The Morgan fingerprint density at radius 2 is 1.54 bits per heavy atom. The number of aromatic nitrogens is 2. The third-order valence-corrected chi connectivity index (χ3v) is 8.88. The molecule has 2 amide bonds. The van der Waals surface area contributed by atoms with E-state index < -0.39 is 0 Å². The molecule has 216 valence electrons. The van der Waals surface area contributed by atoms with Crippen molar-refractivity contribution in [2.75, 3.05) is 54.8 Å². The fourth-order valence-electron chi connectivity index (χ4n) is 6.62. The van der Waals surface area contributed by atoms with Crippen LogP contribution in [0, 0.1) is 0 Å². The Labute approximate surface area is 244 Å². The summed E-state index contributed by atoms with van der Waals surface area (Å²) >= 11 is 0. The van der Waals surface area contributed by atoms with E-state index in [0.717, 1.165) is 87.1 Å². The Bertz CT molecular complexity index is 1270. The van der Waals surface area contributed by atoms with E-state index >= 15 is 0 Å². The molecule has 3 fully saturated rings. The number of anilines is 3. The van der Waals surface area contributed by atoms with Crippen molar-refractivity contribution in [3.63, 3.8) is 0 Å². The summed E-state index contributed by atoms with van der Waals surface area (Å²) in [5, 5.41) is 6.84. The van der Waals surface area contributed by atoms with Crippen LogP contribution < -0.4 is 15.5 Å². The smallest absolute Gasteiger partial charge is 0.321 e. The van der Waals surface area contributed by atoms with Crippen LogP contribution in [-0.4, -0.2) is 77.2 Å². The van der Waals surface area contributed by atoms with Crippen LogP contribution in [-0.2, 0) is 0 Å². The van der Waals surface area contributed by atoms with Gasteiger partial charge >= 0.3 is 6.03 Å². The lowest BCUT2D eigenvalue weighted by molar-refractivity contribution is 0.0997. The molecule has 8 nitrogen and oxygen atoms in total. The van der Waals surface area contributed by atoms with Gasteiger partial charge in [-0.1, -0.05) is 61.4 Å². The summed E-state index contributed by atoms with van der Waals surface area (Å²) in [4.78, 5) is 29.7. The first-order valence-corrected chi connectivity index (χ1v) is 15.5. The monoisotopic (exact) mass is 553 g/mol. The molecule has 1 unspecified atom stereocenters. The van der Waals surface area contributed by atoms with Gasteiger partial charge in [-0.25, -0.2) is 9.78 Å². The molecule has 3 aliphatic rings. The molecule has 3 aliphatic heterocycles. The van der Waals surface area contributed by atoms with E-state index in [1.54, 1.807) is 0 Å². The zero-order valence-electron chi connectivity index (χ0n) is 24.0. The predicted octanol–water partition coefficient (Wildman–Crippen LogP) is 6.10. The third-order valence-electron chi connectivity index (χ3n) is 8.88. The van der Waals surface area contributed by atoms with E-state index in [-0.39, 0.29) is 6.03 Å². The molecule has 1 aromatic heterocycles. The minimum Gasteiger partial charge on any atom is -0.356 e. The van der Waals surface area contributed by atoms with E-state index in [4.69, 9.17) is 4.98 Å². The van der Waals surface area contributed by atoms with Gasteiger partial charge in [-0.15, -0.1) is 0 Å². The summed E-state index contributed by atoms with van der Waals surface area (Å²) in [6.45, 7) is 5.85. The first-order valence-electron chi connectivity index (χ1n) is 15.5. The summed E-state index contributed by atoms with van der Waals surface area (Å²) in [6, 6.07) is 21.2. The van der Waals surface area contributed by atoms with Gasteiger partial charge in [0.15, 0.2) is 0 Å². The Balaban J connectivity index is 1.01. The summed E-state index contributed by atoms with van der Waals surface area (Å²) < 4.78 is 0. The van der Waals surface area contributed by atoms with Crippen LogP contribution in [0.2, 0.25) is 0 Å². The Kier molecular flexibility index (Phi) is 8.95. The SMILES string of the molecule is O=C(Nc1ccccc1-c1ccccc1)N1CCC(N2CCCC(Nc3nccc(N4CCCCCC4)n3)C2)CC1. The maximum absolute atomic E-state index is 13.2. The van der Waals surface area contributed by atoms with Crippen molar-refractivity contribution >= 4 is 23.5 Å². The molecule has 2 aromatic carbocycles. The lowest BCUT2D eigenvalue weighted by Gasteiger charge is -2.42. The zero-order chi connectivity index (χ0) is 27.9. The quantitative estimate of drug-likeness (QED) is 0.384. The first kappa shape index (κ1) is 27.5. The standard InChI is InChI=1S/C33H43N7O/c41-33(36-30-15-7-6-14-29(30)26-11-4-3-5-12-26)39-23-17-28(18-24-39)40-22-10-13-27(25-40)35-32-34-19-16-31(37-32)38-20-8-1-2-9-21-38/h3-7,11-12,14-16,19,27-28H,1-2,8-10,13,17-18,20-25H2,(H,36,41)(H,34,35,37). The van der Waals surface area contributed by atoms with Crippen molar-refractivity contribution in [2.45, 2.75) is 63.5 Å². The van der Waals surface area contributed by atoms with Crippen LogP contribution >= 0.6 is 0 Å². The van der Waals surface area contributed by atoms with Gasteiger partial charge in [0.1, 0.15) is 5.82 Å². The highest BCUT2D eigenvalue weighted by molar-refractivity contribution is 5.94. The number of carbonyl (C=O) groups excluding carboxylic acids is 1. The molecule has 41 heavy (non-hydrogen) atoms. The second-order valence-electron chi connectivity index (χ2n) is 11.7. The highest BCUT2D eigenvalue weighted by atomic mass is 16.2. The van der Waals surface area contributed by atoms with Crippen LogP contribution in [0.15, 0.2) is 66.9 Å². The largest absolute Gasteiger partial charge is 0.356 e. The lowest BCUT2D eigenvalue weighted by Crippen LogP contribution is -2.52. The van der Waals surface area contributed by atoms with E-state index in [2.05, 4.69) is 43.6 Å². The number of piperidine rings is 2. The zero-order valence-corrected chi connectivity index (χ0v) is 24.0. The average molecular weight is 554 g/mol. The van der Waals surface area contributed by atoms with Crippen LogP contribution in [0.4, 0.5) is 22.2 Å². The minimum absolute atomic E-state index is 0.00791. The number of urea groups is 1. The maximum Gasteiger partial charge on any atom is 0.321 e. The number of benzene rings is 2. The molecular weight excluding hydrogens is 510 g/mol. The number of carbonyl (C=O) groups is 1. The molecule has 0 radical (unpaired) electrons. The number of para-hydroxylation sites is 1. The van der Waals surface area contributed by atoms with E-state index in [9.17, 15) is 4.79 Å². The number of hydrogen-bond acceptors (Lipinski definition) is 6. The van der Waals surface area contributed by atoms with Crippen LogP contribution in [0.3, 0.4) is 0 Å². The molecule has 6 rings (SSSR count). The Morgan fingerprint density at radius 3 is 2.34 bits per heavy atom. The van der Waals surface area contributed by atoms with Gasteiger partial charge in [-0.3, -0.25) is 4.90 Å². The van der Waals surface area contributed by atoms with E-state index in [1.807, 2.05) is 53.6 Å². The number of nitrogens with zero attached hydrogens (tertiary/aromatic N) is 5. The Hall–Kier alpha value is -3.65. The summed E-state index contributed by atoms with van der Waals surface area (Å²) in [6.07, 6.45) is 11.3. The highest BCUT2D eigenvalue weighted by Crippen LogP contribution is 2.29. The van der Waals surface area contributed by atoms with E-state index in [1.165, 1.54) is 32.1 Å². The predicted molar refractivity (Wildman–Crippen MR) is 166 cm³/mol. The van der Waals surface area contributed by atoms with Crippen molar-refractivity contribution in [2.24, 2.45) is 0 Å². The van der Waals surface area contributed by atoms with Crippen molar-refractivity contribution in [1.29, 1.82) is 0 Å². The summed E-state index contributed by atoms with van der Waals surface area (Å²) in [7, 11) is 0. The molecule has 0 saturated carbocycles. The molecule has 8 heteroatoms. The van der Waals surface area contributed by atoms with Crippen LogP contribution in [0.5, 0.6) is 0 Å². The second-order valence-corrected chi connectivity index (χ2v) is 11.7. The summed E-state index contributed by atoms with van der Waals surface area (Å²) in [5.74, 6) is 1.80. The van der Waals surface area contributed by atoms with Crippen LogP contribution in [0.1, 0.15) is 51.4 Å². The van der Waals surface area contributed by atoms with Crippen molar-refractivity contribution in [3.8, 4) is 11.1 Å². The van der Waals surface area contributed by atoms with Crippen molar-refractivity contribution < 1.29 is 4.79 Å². The number of amides is 2.